The first-order valence-corrected chi connectivity index (χ1v) is 11.4. The molecule has 3 heterocycles. The van der Waals surface area contributed by atoms with Crippen LogP contribution in [0.2, 0.25) is 0 Å². The average Bonchev–Trinajstić information content (AvgIpc) is 3.50. The third-order valence-electron chi connectivity index (χ3n) is 6.60. The van der Waals surface area contributed by atoms with Gasteiger partial charge in [0.25, 0.3) is 5.91 Å². The predicted molar refractivity (Wildman–Crippen MR) is 125 cm³/mol. The second kappa shape index (κ2) is 9.65. The number of hydrogen-bond acceptors (Lipinski definition) is 5. The van der Waals surface area contributed by atoms with Gasteiger partial charge in [0.2, 0.25) is 0 Å². The normalized spacial score (nSPS) is 22.1. The standard InChI is InChI=1S/C25H30N6O/c32-25(20-9-5-2-6-10-20)28-23-11-14-27-31(23)22-12-15-30(16-13-22)18-21-17-26-29-24(21)19-7-3-1-4-8-19/h1-11,14,21-22,24,26,29H,12-13,15-18H2,(H,28,32). The van der Waals surface area contributed by atoms with E-state index in [1.807, 2.05) is 41.1 Å². The Labute approximate surface area is 188 Å². The van der Waals surface area contributed by atoms with E-state index in [1.54, 1.807) is 6.20 Å². The summed E-state index contributed by atoms with van der Waals surface area (Å²) in [5, 5.41) is 7.56. The summed E-state index contributed by atoms with van der Waals surface area (Å²) in [7, 11) is 0. The van der Waals surface area contributed by atoms with Crippen molar-refractivity contribution in [2.24, 2.45) is 5.92 Å². The Hall–Kier alpha value is -3.00. The molecule has 1 amide bonds. The summed E-state index contributed by atoms with van der Waals surface area (Å²) in [6.45, 7) is 4.13. The van der Waals surface area contributed by atoms with E-state index in [-0.39, 0.29) is 5.91 Å². The van der Waals surface area contributed by atoms with Gasteiger partial charge in [-0.2, -0.15) is 5.10 Å². The summed E-state index contributed by atoms with van der Waals surface area (Å²) in [6, 6.07) is 22.5. The minimum absolute atomic E-state index is 0.0991. The van der Waals surface area contributed by atoms with Crippen molar-refractivity contribution in [3.63, 3.8) is 0 Å². The molecule has 2 aliphatic rings. The molecule has 5 rings (SSSR count). The lowest BCUT2D eigenvalue weighted by molar-refractivity contribution is 0.102. The number of likely N-dealkylation sites (tertiary alicyclic amines) is 1. The van der Waals surface area contributed by atoms with Crippen molar-refractivity contribution in [1.82, 2.24) is 25.5 Å². The topological polar surface area (TPSA) is 74.2 Å². The first-order valence-electron chi connectivity index (χ1n) is 11.4. The third kappa shape index (κ3) is 4.60. The highest BCUT2D eigenvalue weighted by Gasteiger charge is 2.31. The van der Waals surface area contributed by atoms with E-state index in [1.165, 1.54) is 5.56 Å². The van der Waals surface area contributed by atoms with Crippen LogP contribution in [0, 0.1) is 5.92 Å². The van der Waals surface area contributed by atoms with Crippen molar-refractivity contribution in [2.75, 3.05) is 31.5 Å². The zero-order valence-corrected chi connectivity index (χ0v) is 18.2. The van der Waals surface area contributed by atoms with Crippen molar-refractivity contribution in [2.45, 2.75) is 24.9 Å². The largest absolute Gasteiger partial charge is 0.307 e. The molecule has 2 aliphatic heterocycles. The van der Waals surface area contributed by atoms with Crippen LogP contribution in [-0.4, -0.2) is 46.8 Å². The van der Waals surface area contributed by atoms with E-state index in [0.717, 1.165) is 44.8 Å². The molecule has 2 atom stereocenters. The number of hydrogen-bond donors (Lipinski definition) is 3. The molecule has 0 bridgehead atoms. The van der Waals surface area contributed by atoms with Crippen LogP contribution < -0.4 is 16.2 Å². The molecule has 2 saturated heterocycles. The molecule has 0 saturated carbocycles. The molecule has 7 nitrogen and oxygen atoms in total. The van der Waals surface area contributed by atoms with Gasteiger partial charge in [-0.15, -0.1) is 0 Å². The summed E-state index contributed by atoms with van der Waals surface area (Å²) in [5.41, 5.74) is 8.80. The first-order chi connectivity index (χ1) is 15.8. The second-order valence-corrected chi connectivity index (χ2v) is 8.69. The van der Waals surface area contributed by atoms with Crippen molar-refractivity contribution < 1.29 is 4.79 Å². The molecule has 7 heteroatoms. The van der Waals surface area contributed by atoms with Gasteiger partial charge in [0.15, 0.2) is 0 Å². The highest BCUT2D eigenvalue weighted by molar-refractivity contribution is 6.03. The number of amides is 1. The number of nitrogens with zero attached hydrogens (tertiary/aromatic N) is 3. The van der Waals surface area contributed by atoms with Gasteiger partial charge in [0, 0.05) is 43.7 Å². The maximum atomic E-state index is 12.6. The molecule has 32 heavy (non-hydrogen) atoms. The molecule has 2 unspecified atom stereocenters. The number of carbonyl (C=O) groups excluding carboxylic acids is 1. The number of aromatic nitrogens is 2. The fourth-order valence-electron chi connectivity index (χ4n) is 4.88. The Balaban J connectivity index is 1.17. The second-order valence-electron chi connectivity index (χ2n) is 8.69. The van der Waals surface area contributed by atoms with E-state index in [0.29, 0.717) is 23.6 Å². The lowest BCUT2D eigenvalue weighted by Gasteiger charge is -2.35. The molecule has 2 fully saturated rings. The van der Waals surface area contributed by atoms with Crippen molar-refractivity contribution in [3.05, 3.63) is 84.1 Å². The van der Waals surface area contributed by atoms with Gasteiger partial charge in [-0.1, -0.05) is 48.5 Å². The Bertz CT molecular complexity index is 1010. The molecule has 1 aromatic heterocycles. The minimum atomic E-state index is -0.0991. The molecular formula is C25H30N6O. The maximum absolute atomic E-state index is 12.6. The number of nitrogens with one attached hydrogen (secondary N) is 3. The van der Waals surface area contributed by atoms with Gasteiger partial charge in [-0.3, -0.25) is 10.2 Å². The van der Waals surface area contributed by atoms with Gasteiger partial charge in [0.05, 0.1) is 18.3 Å². The predicted octanol–water partition coefficient (Wildman–Crippen LogP) is 3.24. The van der Waals surface area contributed by atoms with E-state index in [2.05, 4.69) is 56.5 Å². The summed E-state index contributed by atoms with van der Waals surface area (Å²) in [5.74, 6) is 1.21. The Morgan fingerprint density at radius 2 is 1.72 bits per heavy atom. The number of hydrazine groups is 1. The number of anilines is 1. The zero-order chi connectivity index (χ0) is 21.8. The molecule has 3 N–H and O–H groups in total. The van der Waals surface area contributed by atoms with Gasteiger partial charge < -0.3 is 10.2 Å². The average molecular weight is 431 g/mol. The van der Waals surface area contributed by atoms with Crippen molar-refractivity contribution in [3.8, 4) is 0 Å². The monoisotopic (exact) mass is 430 g/mol. The van der Waals surface area contributed by atoms with Gasteiger partial charge in [0.1, 0.15) is 5.82 Å². The summed E-state index contributed by atoms with van der Waals surface area (Å²) in [4.78, 5) is 15.1. The lowest BCUT2D eigenvalue weighted by Crippen LogP contribution is -2.39. The van der Waals surface area contributed by atoms with E-state index in [9.17, 15) is 4.79 Å². The highest BCUT2D eigenvalue weighted by Crippen LogP contribution is 2.29. The van der Waals surface area contributed by atoms with Crippen LogP contribution in [-0.2, 0) is 0 Å². The molecule has 0 radical (unpaired) electrons. The maximum Gasteiger partial charge on any atom is 0.256 e. The highest BCUT2D eigenvalue weighted by atomic mass is 16.1. The number of piperidine rings is 1. The Kier molecular flexibility index (Phi) is 6.29. The smallest absolute Gasteiger partial charge is 0.256 e. The molecular weight excluding hydrogens is 400 g/mol. The summed E-state index contributed by atoms with van der Waals surface area (Å²) < 4.78 is 1.99. The van der Waals surface area contributed by atoms with Crippen LogP contribution >= 0.6 is 0 Å². The van der Waals surface area contributed by atoms with Gasteiger partial charge in [-0.25, -0.2) is 10.1 Å². The zero-order valence-electron chi connectivity index (χ0n) is 18.2. The van der Waals surface area contributed by atoms with Crippen LogP contribution in [0.25, 0.3) is 0 Å². The van der Waals surface area contributed by atoms with E-state index < -0.39 is 0 Å². The van der Waals surface area contributed by atoms with Crippen molar-refractivity contribution >= 4 is 11.7 Å². The molecule has 166 valence electrons. The van der Waals surface area contributed by atoms with Gasteiger partial charge in [-0.05, 0) is 30.5 Å². The Morgan fingerprint density at radius 1 is 1.00 bits per heavy atom. The van der Waals surface area contributed by atoms with Crippen LogP contribution in [0.5, 0.6) is 0 Å². The number of rotatable bonds is 6. The van der Waals surface area contributed by atoms with E-state index in [4.69, 9.17) is 0 Å². The molecule has 0 spiro atoms. The van der Waals surface area contributed by atoms with Gasteiger partial charge >= 0.3 is 0 Å². The molecule has 3 aromatic rings. The minimum Gasteiger partial charge on any atom is -0.307 e. The SMILES string of the molecule is O=C(Nc1ccnn1C1CCN(CC2CNNC2c2ccccc2)CC1)c1ccccc1. The lowest BCUT2D eigenvalue weighted by atomic mass is 9.93. The number of benzene rings is 2. The van der Waals surface area contributed by atoms with Crippen LogP contribution in [0.4, 0.5) is 5.82 Å². The van der Waals surface area contributed by atoms with Crippen LogP contribution in [0.3, 0.4) is 0 Å². The number of carbonyl (C=O) groups is 1. The summed E-state index contributed by atoms with van der Waals surface area (Å²) >= 11 is 0. The Morgan fingerprint density at radius 3 is 2.47 bits per heavy atom. The van der Waals surface area contributed by atoms with Crippen molar-refractivity contribution in [1.29, 1.82) is 0 Å². The first kappa shape index (κ1) is 20.9. The quantitative estimate of drug-likeness (QED) is 0.560. The fourth-order valence-corrected chi connectivity index (χ4v) is 4.88. The van der Waals surface area contributed by atoms with Crippen LogP contribution in [0.1, 0.15) is 40.8 Å². The summed E-state index contributed by atoms with van der Waals surface area (Å²) in [6.07, 6.45) is 3.83. The third-order valence-corrected chi connectivity index (χ3v) is 6.60. The molecule has 2 aromatic carbocycles. The van der Waals surface area contributed by atoms with Crippen LogP contribution in [0.15, 0.2) is 72.9 Å². The van der Waals surface area contributed by atoms with E-state index >= 15 is 0 Å². The fraction of sp³-hybridized carbons (Fsp3) is 0.360. The molecule has 0 aliphatic carbocycles.